The lowest BCUT2D eigenvalue weighted by molar-refractivity contribution is -0.143. The molecule has 0 aliphatic heterocycles. The molecule has 0 aliphatic carbocycles. The van der Waals surface area contributed by atoms with Crippen molar-refractivity contribution in [3.63, 3.8) is 0 Å². The van der Waals surface area contributed by atoms with Gasteiger partial charge >= 0.3 is 12.1 Å². The second-order valence-electron chi connectivity index (χ2n) is 7.06. The number of amides is 1. The van der Waals surface area contributed by atoms with Crippen molar-refractivity contribution >= 4 is 12.1 Å². The van der Waals surface area contributed by atoms with Gasteiger partial charge in [0.05, 0.1) is 6.61 Å². The SMILES string of the molecule is CC(C)COc1cccc(CCN(C(=O)O)C(CC(C)C)C(=O)O)c1. The topological polar surface area (TPSA) is 87.1 Å². The maximum atomic E-state index is 11.5. The van der Waals surface area contributed by atoms with Crippen molar-refractivity contribution in [3.05, 3.63) is 29.8 Å². The van der Waals surface area contributed by atoms with Gasteiger partial charge in [-0.3, -0.25) is 4.90 Å². The molecule has 2 N–H and O–H groups in total. The van der Waals surface area contributed by atoms with Gasteiger partial charge in [-0.2, -0.15) is 0 Å². The average Bonchev–Trinajstić information content (AvgIpc) is 2.51. The van der Waals surface area contributed by atoms with Crippen molar-refractivity contribution in [3.8, 4) is 5.75 Å². The summed E-state index contributed by atoms with van der Waals surface area (Å²) in [6.45, 7) is 8.63. The molecule has 1 amide bonds. The molecule has 0 aromatic heterocycles. The van der Waals surface area contributed by atoms with Gasteiger partial charge in [0.1, 0.15) is 11.8 Å². The highest BCUT2D eigenvalue weighted by Gasteiger charge is 2.29. The Bertz CT molecular complexity index is 571. The van der Waals surface area contributed by atoms with Gasteiger partial charge in [-0.05, 0) is 42.4 Å². The van der Waals surface area contributed by atoms with Crippen LogP contribution in [0.3, 0.4) is 0 Å². The molecule has 1 atom stereocenters. The maximum absolute atomic E-state index is 11.5. The van der Waals surface area contributed by atoms with Gasteiger partial charge in [0.15, 0.2) is 0 Å². The van der Waals surface area contributed by atoms with E-state index in [-0.39, 0.29) is 12.5 Å². The molecule has 0 fully saturated rings. The summed E-state index contributed by atoms with van der Waals surface area (Å²) in [5.74, 6) is 0.143. The first-order valence-electron chi connectivity index (χ1n) is 8.64. The van der Waals surface area contributed by atoms with Crippen LogP contribution in [0.25, 0.3) is 0 Å². The van der Waals surface area contributed by atoms with Gasteiger partial charge < -0.3 is 14.9 Å². The normalized spacial score (nSPS) is 12.2. The van der Waals surface area contributed by atoms with Crippen molar-refractivity contribution in [1.82, 2.24) is 4.90 Å². The van der Waals surface area contributed by atoms with Crippen LogP contribution in [0.2, 0.25) is 0 Å². The van der Waals surface area contributed by atoms with Gasteiger partial charge in [0.2, 0.25) is 0 Å². The number of carbonyl (C=O) groups is 2. The zero-order valence-electron chi connectivity index (χ0n) is 15.4. The van der Waals surface area contributed by atoms with Crippen LogP contribution in [-0.2, 0) is 11.2 Å². The Kier molecular flexibility index (Phi) is 8.25. The predicted octanol–water partition coefficient (Wildman–Crippen LogP) is 3.74. The van der Waals surface area contributed by atoms with Crippen molar-refractivity contribution in [1.29, 1.82) is 0 Å². The van der Waals surface area contributed by atoms with Crippen molar-refractivity contribution in [2.75, 3.05) is 13.2 Å². The van der Waals surface area contributed by atoms with Crippen molar-refractivity contribution in [2.45, 2.75) is 46.6 Å². The highest BCUT2D eigenvalue weighted by molar-refractivity contribution is 5.79. The summed E-state index contributed by atoms with van der Waals surface area (Å²) >= 11 is 0. The van der Waals surface area contributed by atoms with Crippen molar-refractivity contribution in [2.24, 2.45) is 11.8 Å². The molecule has 6 nitrogen and oxygen atoms in total. The molecule has 1 rings (SSSR count). The van der Waals surface area contributed by atoms with E-state index in [1.807, 2.05) is 38.1 Å². The van der Waals surface area contributed by atoms with E-state index in [1.54, 1.807) is 0 Å². The standard InChI is InChI=1S/C19H29NO5/c1-13(2)10-17(18(21)22)20(19(23)24)9-8-15-6-5-7-16(11-15)25-12-14(3)4/h5-7,11,13-14,17H,8-10,12H2,1-4H3,(H,21,22)(H,23,24). The van der Waals surface area contributed by atoms with Gasteiger partial charge in [-0.1, -0.05) is 39.8 Å². The lowest BCUT2D eigenvalue weighted by Gasteiger charge is -2.27. The van der Waals surface area contributed by atoms with E-state index in [1.165, 1.54) is 0 Å². The van der Waals surface area contributed by atoms with E-state index >= 15 is 0 Å². The van der Waals surface area contributed by atoms with Crippen LogP contribution in [0, 0.1) is 11.8 Å². The van der Waals surface area contributed by atoms with Gasteiger partial charge in [0.25, 0.3) is 0 Å². The number of benzene rings is 1. The summed E-state index contributed by atoms with van der Waals surface area (Å²) < 4.78 is 5.68. The Morgan fingerprint density at radius 2 is 1.80 bits per heavy atom. The van der Waals surface area contributed by atoms with Crippen LogP contribution >= 0.6 is 0 Å². The molecule has 6 heteroatoms. The lowest BCUT2D eigenvalue weighted by atomic mass is 10.0. The Labute approximate surface area is 149 Å². The molecule has 0 spiro atoms. The molecule has 1 aromatic rings. The minimum absolute atomic E-state index is 0.0933. The molecule has 0 radical (unpaired) electrons. The third-order valence-corrected chi connectivity index (χ3v) is 3.72. The van der Waals surface area contributed by atoms with E-state index in [2.05, 4.69) is 13.8 Å². The zero-order chi connectivity index (χ0) is 19.0. The summed E-state index contributed by atoms with van der Waals surface area (Å²) in [6, 6.07) is 6.46. The van der Waals surface area contributed by atoms with Crippen molar-refractivity contribution < 1.29 is 24.5 Å². The zero-order valence-corrected chi connectivity index (χ0v) is 15.4. The van der Waals surface area contributed by atoms with E-state index in [0.29, 0.717) is 25.4 Å². The number of carboxylic acid groups (broad SMARTS) is 2. The minimum Gasteiger partial charge on any atom is -0.493 e. The van der Waals surface area contributed by atoms with E-state index < -0.39 is 18.1 Å². The average molecular weight is 351 g/mol. The Morgan fingerprint density at radius 3 is 2.32 bits per heavy atom. The maximum Gasteiger partial charge on any atom is 0.408 e. The Balaban J connectivity index is 2.78. The monoisotopic (exact) mass is 351 g/mol. The molecule has 0 saturated heterocycles. The first kappa shape index (κ1) is 20.8. The summed E-state index contributed by atoms with van der Waals surface area (Å²) in [6.07, 6.45) is -0.480. The van der Waals surface area contributed by atoms with Gasteiger partial charge in [0, 0.05) is 6.54 Å². The Hall–Kier alpha value is -2.24. The molecular formula is C19H29NO5. The molecule has 0 saturated carbocycles. The fourth-order valence-corrected chi connectivity index (χ4v) is 2.50. The predicted molar refractivity (Wildman–Crippen MR) is 96.1 cm³/mol. The summed E-state index contributed by atoms with van der Waals surface area (Å²) in [4.78, 5) is 24.0. The van der Waals surface area contributed by atoms with E-state index in [4.69, 9.17) is 4.74 Å². The number of carboxylic acids is 1. The number of hydrogen-bond donors (Lipinski definition) is 2. The van der Waals surface area contributed by atoms with Crippen LogP contribution in [0.1, 0.15) is 39.7 Å². The quantitative estimate of drug-likeness (QED) is 0.670. The van der Waals surface area contributed by atoms with Gasteiger partial charge in [-0.25, -0.2) is 9.59 Å². The third kappa shape index (κ3) is 7.45. The number of aliphatic carboxylic acids is 1. The van der Waals surface area contributed by atoms with Crippen LogP contribution in [0.15, 0.2) is 24.3 Å². The third-order valence-electron chi connectivity index (χ3n) is 3.72. The lowest BCUT2D eigenvalue weighted by Crippen LogP contribution is -2.46. The highest BCUT2D eigenvalue weighted by Crippen LogP contribution is 2.17. The molecule has 140 valence electrons. The number of rotatable bonds is 10. The summed E-state index contributed by atoms with van der Waals surface area (Å²) in [7, 11) is 0. The highest BCUT2D eigenvalue weighted by atomic mass is 16.5. The van der Waals surface area contributed by atoms with Crippen LogP contribution < -0.4 is 4.74 Å². The number of hydrogen-bond acceptors (Lipinski definition) is 3. The number of nitrogens with zero attached hydrogens (tertiary/aromatic N) is 1. The van der Waals surface area contributed by atoms with Crippen LogP contribution in [0.5, 0.6) is 5.75 Å². The van der Waals surface area contributed by atoms with Crippen LogP contribution in [0.4, 0.5) is 4.79 Å². The summed E-state index contributed by atoms with van der Waals surface area (Å²) in [5.41, 5.74) is 0.918. The molecule has 0 aliphatic rings. The molecular weight excluding hydrogens is 322 g/mol. The first-order chi connectivity index (χ1) is 11.7. The molecule has 0 heterocycles. The Morgan fingerprint density at radius 1 is 1.12 bits per heavy atom. The second kappa shape index (κ2) is 9.91. The molecule has 0 bridgehead atoms. The molecule has 25 heavy (non-hydrogen) atoms. The smallest absolute Gasteiger partial charge is 0.408 e. The van der Waals surface area contributed by atoms with E-state index in [9.17, 15) is 19.8 Å². The van der Waals surface area contributed by atoms with Gasteiger partial charge in [-0.15, -0.1) is 0 Å². The van der Waals surface area contributed by atoms with Crippen LogP contribution in [-0.4, -0.2) is 46.4 Å². The number of ether oxygens (including phenoxy) is 1. The largest absolute Gasteiger partial charge is 0.493 e. The molecule has 1 aromatic carbocycles. The fourth-order valence-electron chi connectivity index (χ4n) is 2.50. The fraction of sp³-hybridized carbons (Fsp3) is 0.579. The minimum atomic E-state index is -1.21. The summed E-state index contributed by atoms with van der Waals surface area (Å²) in [5, 5.41) is 18.8. The molecule has 1 unspecified atom stereocenters. The van der Waals surface area contributed by atoms with E-state index in [0.717, 1.165) is 16.2 Å². The second-order valence-corrected chi connectivity index (χ2v) is 7.06. The first-order valence-corrected chi connectivity index (χ1v) is 8.64.